The highest BCUT2D eigenvalue weighted by molar-refractivity contribution is 7.20. The van der Waals surface area contributed by atoms with Crippen LogP contribution in [0.2, 0.25) is 0 Å². The lowest BCUT2D eigenvalue weighted by Crippen LogP contribution is -2.41. The van der Waals surface area contributed by atoms with E-state index in [4.69, 9.17) is 14.2 Å². The van der Waals surface area contributed by atoms with E-state index in [0.29, 0.717) is 41.7 Å². The first-order chi connectivity index (χ1) is 16.5. The van der Waals surface area contributed by atoms with E-state index in [1.165, 1.54) is 24.8 Å². The second-order valence-corrected chi connectivity index (χ2v) is 9.00. The van der Waals surface area contributed by atoms with Gasteiger partial charge in [-0.25, -0.2) is 14.8 Å². The Morgan fingerprint density at radius 2 is 1.97 bits per heavy atom. The van der Waals surface area contributed by atoms with Crippen LogP contribution in [0.5, 0.6) is 11.5 Å². The Bertz CT molecular complexity index is 1210. The van der Waals surface area contributed by atoms with E-state index in [1.54, 1.807) is 19.1 Å². The Labute approximate surface area is 202 Å². The number of aryl methyl sites for hydroxylation is 1. The van der Waals surface area contributed by atoms with E-state index >= 15 is 0 Å². The fourth-order valence-electron chi connectivity index (χ4n) is 4.29. The van der Waals surface area contributed by atoms with Crippen molar-refractivity contribution in [1.29, 1.82) is 0 Å². The fraction of sp³-hybridized carbons (Fsp3) is 0.417. The number of nitrogens with one attached hydrogen (secondary N) is 1. The number of methoxy groups -OCH3 is 3. The van der Waals surface area contributed by atoms with Crippen LogP contribution in [0.1, 0.15) is 33.6 Å². The summed E-state index contributed by atoms with van der Waals surface area (Å²) in [5.74, 6) is 1.53. The predicted molar refractivity (Wildman–Crippen MR) is 130 cm³/mol. The minimum absolute atomic E-state index is 0.162. The molecule has 1 aliphatic rings. The Kier molecular flexibility index (Phi) is 7.16. The van der Waals surface area contributed by atoms with Gasteiger partial charge >= 0.3 is 5.97 Å². The van der Waals surface area contributed by atoms with E-state index in [2.05, 4.69) is 15.3 Å². The summed E-state index contributed by atoms with van der Waals surface area (Å²) in [6.07, 6.45) is 3.64. The Hall–Kier alpha value is -3.40. The molecular weight excluding hydrogens is 456 g/mol. The maximum absolute atomic E-state index is 13.3. The van der Waals surface area contributed by atoms with Crippen LogP contribution in [0.4, 0.5) is 5.82 Å². The van der Waals surface area contributed by atoms with Crippen LogP contribution in [0, 0.1) is 6.92 Å². The number of carbonyl (C=O) groups is 2. The quantitative estimate of drug-likeness (QED) is 0.485. The van der Waals surface area contributed by atoms with Crippen LogP contribution in [0.3, 0.4) is 0 Å². The number of amides is 1. The first-order valence-electron chi connectivity index (χ1n) is 11.1. The summed E-state index contributed by atoms with van der Waals surface area (Å²) < 4.78 is 15.6. The molecule has 0 aliphatic carbocycles. The molecule has 1 aromatic carbocycles. The zero-order valence-electron chi connectivity index (χ0n) is 19.7. The van der Waals surface area contributed by atoms with Crippen LogP contribution in [0.25, 0.3) is 10.2 Å². The van der Waals surface area contributed by atoms with Gasteiger partial charge in [-0.2, -0.15) is 0 Å². The van der Waals surface area contributed by atoms with Crippen molar-refractivity contribution in [3.05, 3.63) is 40.5 Å². The van der Waals surface area contributed by atoms with E-state index in [9.17, 15) is 9.59 Å². The third kappa shape index (κ3) is 4.50. The minimum atomic E-state index is -0.535. The minimum Gasteiger partial charge on any atom is -0.493 e. The van der Waals surface area contributed by atoms with Crippen molar-refractivity contribution in [3.63, 3.8) is 0 Å². The Morgan fingerprint density at radius 3 is 2.71 bits per heavy atom. The number of rotatable bonds is 8. The lowest BCUT2D eigenvalue weighted by molar-refractivity contribution is -0.145. The van der Waals surface area contributed by atoms with E-state index in [-0.39, 0.29) is 11.9 Å². The summed E-state index contributed by atoms with van der Waals surface area (Å²) in [4.78, 5) is 37.2. The lowest BCUT2D eigenvalue weighted by Gasteiger charge is -2.22. The SMILES string of the molecule is COC(=O)[C@@H]1CCCN1C(=O)c1sc2ncnc(NCCc3ccc(OC)c(OC)c3)c2c1C. The standard InChI is InChI=1S/C24H28N4O5S/c1-14-19-21(25-10-9-15-7-8-17(31-2)18(12-15)32-3)26-13-27-22(19)34-20(14)23(29)28-11-5-6-16(28)24(30)33-4/h7-8,12-13,16H,5-6,9-11H2,1-4H3,(H,25,26,27)/t16-/m0/s1. The molecule has 0 saturated carbocycles. The molecule has 3 heterocycles. The van der Waals surface area contributed by atoms with Crippen LogP contribution in [-0.4, -0.2) is 67.2 Å². The van der Waals surface area contributed by atoms with Crippen molar-refractivity contribution < 1.29 is 23.8 Å². The van der Waals surface area contributed by atoms with Gasteiger partial charge < -0.3 is 24.4 Å². The second-order valence-electron chi connectivity index (χ2n) is 8.00. The third-order valence-corrected chi connectivity index (χ3v) is 7.25. The average Bonchev–Trinajstić information content (AvgIpc) is 3.48. The highest BCUT2D eigenvalue weighted by atomic mass is 32.1. The van der Waals surface area contributed by atoms with Gasteiger partial charge in [0.2, 0.25) is 0 Å². The highest BCUT2D eigenvalue weighted by Gasteiger charge is 2.36. The number of likely N-dealkylation sites (tertiary alicyclic amines) is 1. The first kappa shape index (κ1) is 23.7. The largest absolute Gasteiger partial charge is 0.493 e. The predicted octanol–water partition coefficient (Wildman–Crippen LogP) is 3.45. The van der Waals surface area contributed by atoms with Gasteiger partial charge in [0, 0.05) is 13.1 Å². The molecule has 10 heteroatoms. The van der Waals surface area contributed by atoms with Crippen LogP contribution in [-0.2, 0) is 16.0 Å². The number of benzene rings is 1. The number of thiophene rings is 1. The number of nitrogens with zero attached hydrogens (tertiary/aromatic N) is 3. The van der Waals surface area contributed by atoms with Gasteiger partial charge in [-0.3, -0.25) is 4.79 Å². The summed E-state index contributed by atoms with van der Waals surface area (Å²) >= 11 is 1.33. The number of carbonyl (C=O) groups excluding carboxylic acids is 2. The molecule has 0 unspecified atom stereocenters. The molecular formula is C24H28N4O5S. The zero-order chi connectivity index (χ0) is 24.2. The first-order valence-corrected chi connectivity index (χ1v) is 11.9. The maximum Gasteiger partial charge on any atom is 0.328 e. The van der Waals surface area contributed by atoms with Gasteiger partial charge in [0.05, 0.1) is 31.6 Å². The fourth-order valence-corrected chi connectivity index (χ4v) is 5.40. The van der Waals surface area contributed by atoms with Crippen molar-refractivity contribution in [2.45, 2.75) is 32.2 Å². The molecule has 0 bridgehead atoms. The molecule has 3 aromatic rings. The summed E-state index contributed by atoms with van der Waals surface area (Å²) in [5, 5.41) is 4.22. The van der Waals surface area contributed by atoms with E-state index < -0.39 is 6.04 Å². The number of anilines is 1. The summed E-state index contributed by atoms with van der Waals surface area (Å²) in [7, 11) is 4.58. The molecule has 0 radical (unpaired) electrons. The van der Waals surface area contributed by atoms with Gasteiger partial charge in [0.15, 0.2) is 11.5 Å². The number of hydrogen-bond donors (Lipinski definition) is 1. The summed E-state index contributed by atoms with van der Waals surface area (Å²) in [5.41, 5.74) is 1.91. The van der Waals surface area contributed by atoms with Gasteiger partial charge in [-0.1, -0.05) is 6.07 Å². The molecule has 180 valence electrons. The van der Waals surface area contributed by atoms with Gasteiger partial charge in [0.1, 0.15) is 23.0 Å². The van der Waals surface area contributed by atoms with Crippen LogP contribution >= 0.6 is 11.3 Å². The van der Waals surface area contributed by atoms with E-state index in [1.807, 2.05) is 25.1 Å². The molecule has 9 nitrogen and oxygen atoms in total. The molecule has 1 aliphatic heterocycles. The maximum atomic E-state index is 13.3. The Morgan fingerprint density at radius 1 is 1.18 bits per heavy atom. The van der Waals surface area contributed by atoms with E-state index in [0.717, 1.165) is 34.2 Å². The molecule has 34 heavy (non-hydrogen) atoms. The summed E-state index contributed by atoms with van der Waals surface area (Å²) in [6.45, 7) is 3.07. The molecule has 1 fully saturated rings. The normalized spacial score (nSPS) is 15.4. The Balaban J connectivity index is 1.53. The zero-order valence-corrected chi connectivity index (χ0v) is 20.5. The lowest BCUT2D eigenvalue weighted by atomic mass is 10.1. The number of hydrogen-bond acceptors (Lipinski definition) is 9. The molecule has 1 saturated heterocycles. The molecule has 2 aromatic heterocycles. The second kappa shape index (κ2) is 10.3. The highest BCUT2D eigenvalue weighted by Crippen LogP contribution is 2.35. The van der Waals surface area contributed by atoms with Gasteiger partial charge in [-0.15, -0.1) is 11.3 Å². The topological polar surface area (TPSA) is 103 Å². The number of fused-ring (bicyclic) bond motifs is 1. The average molecular weight is 485 g/mol. The number of ether oxygens (including phenoxy) is 3. The third-order valence-electron chi connectivity index (χ3n) is 6.06. The number of esters is 1. The summed E-state index contributed by atoms with van der Waals surface area (Å²) in [6, 6.07) is 5.31. The van der Waals surface area contributed by atoms with Gasteiger partial charge in [-0.05, 0) is 49.4 Å². The number of aromatic nitrogens is 2. The van der Waals surface area contributed by atoms with Crippen molar-refractivity contribution in [3.8, 4) is 11.5 Å². The van der Waals surface area contributed by atoms with Crippen LogP contribution in [0.15, 0.2) is 24.5 Å². The molecule has 1 atom stereocenters. The smallest absolute Gasteiger partial charge is 0.328 e. The monoisotopic (exact) mass is 484 g/mol. The van der Waals surface area contributed by atoms with Crippen molar-refractivity contribution in [1.82, 2.24) is 14.9 Å². The van der Waals surface area contributed by atoms with Gasteiger partial charge in [0.25, 0.3) is 5.91 Å². The van der Waals surface area contributed by atoms with Crippen molar-refractivity contribution >= 4 is 39.2 Å². The molecule has 4 rings (SSSR count). The van der Waals surface area contributed by atoms with Crippen molar-refractivity contribution in [2.24, 2.45) is 0 Å². The molecule has 1 N–H and O–H groups in total. The molecule has 1 amide bonds. The van der Waals surface area contributed by atoms with Crippen LogP contribution < -0.4 is 14.8 Å². The molecule has 0 spiro atoms. The van der Waals surface area contributed by atoms with Crippen molar-refractivity contribution in [2.75, 3.05) is 39.7 Å².